The molecule has 136 valence electrons. The van der Waals surface area contributed by atoms with Crippen molar-refractivity contribution < 1.29 is 9.59 Å². The van der Waals surface area contributed by atoms with Gasteiger partial charge in [-0.05, 0) is 44.2 Å². The van der Waals surface area contributed by atoms with Crippen molar-refractivity contribution in [2.24, 2.45) is 5.92 Å². The SMILES string of the molecule is CC(=O)Nc1nc(C)c(-c2cc3c(c(N)n2)C(=O)N(C(C)C2CC2)C3)s1. The number of carbonyl (C=O) groups is 2. The van der Waals surface area contributed by atoms with Crippen molar-refractivity contribution in [2.45, 2.75) is 46.2 Å². The minimum Gasteiger partial charge on any atom is -0.383 e. The van der Waals surface area contributed by atoms with Crippen LogP contribution < -0.4 is 11.1 Å². The van der Waals surface area contributed by atoms with Crippen molar-refractivity contribution in [1.82, 2.24) is 14.9 Å². The van der Waals surface area contributed by atoms with Crippen LogP contribution in [0.15, 0.2) is 6.07 Å². The first kappa shape index (κ1) is 17.0. The van der Waals surface area contributed by atoms with Gasteiger partial charge >= 0.3 is 0 Å². The highest BCUT2D eigenvalue weighted by molar-refractivity contribution is 7.19. The van der Waals surface area contributed by atoms with E-state index in [0.717, 1.165) is 16.1 Å². The number of aryl methyl sites for hydroxylation is 1. The molecule has 2 aliphatic rings. The van der Waals surface area contributed by atoms with Gasteiger partial charge < -0.3 is 16.0 Å². The maximum Gasteiger partial charge on any atom is 0.258 e. The summed E-state index contributed by atoms with van der Waals surface area (Å²) in [7, 11) is 0. The van der Waals surface area contributed by atoms with E-state index in [1.54, 1.807) is 0 Å². The number of amides is 2. The molecule has 0 spiro atoms. The molecular weight excluding hydrogens is 350 g/mol. The lowest BCUT2D eigenvalue weighted by Gasteiger charge is -2.23. The van der Waals surface area contributed by atoms with Crippen LogP contribution >= 0.6 is 11.3 Å². The van der Waals surface area contributed by atoms with E-state index in [2.05, 4.69) is 22.2 Å². The van der Waals surface area contributed by atoms with Crippen LogP contribution in [0.25, 0.3) is 10.6 Å². The molecule has 0 radical (unpaired) electrons. The first-order valence-electron chi connectivity index (χ1n) is 8.71. The number of carbonyl (C=O) groups excluding carboxylic acids is 2. The zero-order valence-corrected chi connectivity index (χ0v) is 15.8. The Hall–Kier alpha value is -2.48. The Morgan fingerprint density at radius 2 is 2.15 bits per heavy atom. The van der Waals surface area contributed by atoms with Crippen LogP contribution in [0.4, 0.5) is 10.9 Å². The molecule has 1 fully saturated rings. The number of aromatic nitrogens is 2. The molecule has 0 saturated heterocycles. The second-order valence-corrected chi connectivity index (χ2v) is 8.05. The molecule has 1 aliphatic heterocycles. The van der Waals surface area contributed by atoms with E-state index in [1.807, 2.05) is 17.9 Å². The molecule has 0 bridgehead atoms. The molecule has 2 aromatic rings. The maximum atomic E-state index is 12.8. The summed E-state index contributed by atoms with van der Waals surface area (Å²) in [6.45, 7) is 6.00. The fourth-order valence-electron chi connectivity index (χ4n) is 3.51. The average Bonchev–Trinajstić information content (AvgIpc) is 3.27. The van der Waals surface area contributed by atoms with Crippen molar-refractivity contribution in [3.63, 3.8) is 0 Å². The van der Waals surface area contributed by atoms with E-state index in [4.69, 9.17) is 5.73 Å². The van der Waals surface area contributed by atoms with Crippen LogP contribution in [0.5, 0.6) is 0 Å². The maximum absolute atomic E-state index is 12.8. The molecule has 2 aromatic heterocycles. The third-order valence-corrected chi connectivity index (χ3v) is 6.15. The molecule has 3 heterocycles. The van der Waals surface area contributed by atoms with Crippen molar-refractivity contribution in [3.8, 4) is 10.6 Å². The average molecular weight is 371 g/mol. The first-order chi connectivity index (χ1) is 12.3. The third kappa shape index (κ3) is 2.84. The van der Waals surface area contributed by atoms with Gasteiger partial charge in [-0.25, -0.2) is 9.97 Å². The van der Waals surface area contributed by atoms with Crippen molar-refractivity contribution >= 4 is 34.1 Å². The highest BCUT2D eigenvalue weighted by Crippen LogP contribution is 2.40. The van der Waals surface area contributed by atoms with Gasteiger partial charge in [-0.2, -0.15) is 0 Å². The smallest absolute Gasteiger partial charge is 0.258 e. The number of nitrogen functional groups attached to an aromatic ring is 1. The summed E-state index contributed by atoms with van der Waals surface area (Å²) in [6, 6.07) is 2.16. The van der Waals surface area contributed by atoms with E-state index in [1.165, 1.54) is 31.1 Å². The minimum atomic E-state index is -0.165. The molecule has 3 N–H and O–H groups in total. The Morgan fingerprint density at radius 1 is 1.42 bits per heavy atom. The van der Waals surface area contributed by atoms with Gasteiger partial charge in [0.15, 0.2) is 5.13 Å². The predicted octanol–water partition coefficient (Wildman–Crippen LogP) is 2.81. The molecule has 1 saturated carbocycles. The van der Waals surface area contributed by atoms with Gasteiger partial charge in [0.25, 0.3) is 5.91 Å². The van der Waals surface area contributed by atoms with Gasteiger partial charge in [-0.1, -0.05) is 11.3 Å². The molecule has 2 amide bonds. The molecule has 1 unspecified atom stereocenters. The number of fused-ring (bicyclic) bond motifs is 1. The lowest BCUT2D eigenvalue weighted by Crippen LogP contribution is -2.34. The number of nitrogens with one attached hydrogen (secondary N) is 1. The van der Waals surface area contributed by atoms with Crippen molar-refractivity contribution in [2.75, 3.05) is 11.1 Å². The highest BCUT2D eigenvalue weighted by atomic mass is 32.1. The van der Waals surface area contributed by atoms with Crippen LogP contribution in [-0.2, 0) is 11.3 Å². The Kier molecular flexibility index (Phi) is 3.95. The quantitative estimate of drug-likeness (QED) is 0.860. The number of nitrogens with zero attached hydrogens (tertiary/aromatic N) is 3. The van der Waals surface area contributed by atoms with Gasteiger partial charge in [0.1, 0.15) is 5.82 Å². The molecule has 0 aromatic carbocycles. The summed E-state index contributed by atoms with van der Waals surface area (Å²) in [5.74, 6) is 0.686. The van der Waals surface area contributed by atoms with Gasteiger partial charge in [0, 0.05) is 19.5 Å². The van der Waals surface area contributed by atoms with Crippen LogP contribution in [0.2, 0.25) is 0 Å². The minimum absolute atomic E-state index is 0.0177. The molecule has 7 nitrogen and oxygen atoms in total. The lowest BCUT2D eigenvalue weighted by molar-refractivity contribution is -0.114. The Bertz CT molecular complexity index is 919. The van der Waals surface area contributed by atoms with Crippen molar-refractivity contribution in [3.05, 3.63) is 22.9 Å². The van der Waals surface area contributed by atoms with Crippen LogP contribution in [0.3, 0.4) is 0 Å². The molecule has 8 heteroatoms. The van der Waals surface area contributed by atoms with E-state index in [-0.39, 0.29) is 23.7 Å². The summed E-state index contributed by atoms with van der Waals surface area (Å²) in [5.41, 5.74) is 9.07. The van der Waals surface area contributed by atoms with E-state index < -0.39 is 0 Å². The molecule has 1 atom stereocenters. The summed E-state index contributed by atoms with van der Waals surface area (Å²) in [6.07, 6.45) is 2.37. The molecule has 26 heavy (non-hydrogen) atoms. The van der Waals surface area contributed by atoms with E-state index in [0.29, 0.717) is 28.9 Å². The number of hydrogen-bond acceptors (Lipinski definition) is 6. The highest BCUT2D eigenvalue weighted by Gasteiger charge is 2.40. The second kappa shape index (κ2) is 6.05. The first-order valence-corrected chi connectivity index (χ1v) is 9.52. The molecule has 1 aliphatic carbocycles. The summed E-state index contributed by atoms with van der Waals surface area (Å²) in [4.78, 5) is 35.6. The number of anilines is 2. The number of hydrogen-bond donors (Lipinski definition) is 2. The summed E-state index contributed by atoms with van der Waals surface area (Å²) >= 11 is 1.36. The molecular formula is C18H21N5O2S. The standard InChI is InChI=1S/C18H21N5O2S/c1-8-15(26-18(20-8)21-10(3)24)13-6-12-7-23(9(2)11-4-5-11)17(25)14(12)16(19)22-13/h6,9,11H,4-5,7H2,1-3H3,(H2,19,22)(H,20,21,24). The monoisotopic (exact) mass is 371 g/mol. The zero-order valence-electron chi connectivity index (χ0n) is 15.0. The topological polar surface area (TPSA) is 101 Å². The fraction of sp³-hybridized carbons (Fsp3) is 0.444. The van der Waals surface area contributed by atoms with Crippen LogP contribution in [0, 0.1) is 12.8 Å². The third-order valence-electron chi connectivity index (χ3n) is 5.05. The van der Waals surface area contributed by atoms with E-state index >= 15 is 0 Å². The van der Waals surface area contributed by atoms with Gasteiger partial charge in [-0.3, -0.25) is 9.59 Å². The zero-order chi connectivity index (χ0) is 18.6. The number of nitrogens with two attached hydrogens (primary N) is 1. The Balaban J connectivity index is 1.69. The van der Waals surface area contributed by atoms with Gasteiger partial charge in [0.05, 0.1) is 21.8 Å². The van der Waals surface area contributed by atoms with Gasteiger partial charge in [0.2, 0.25) is 5.91 Å². The van der Waals surface area contributed by atoms with Gasteiger partial charge in [-0.15, -0.1) is 0 Å². The van der Waals surface area contributed by atoms with Crippen LogP contribution in [0.1, 0.15) is 48.3 Å². The number of pyridine rings is 1. The number of thiazole rings is 1. The summed E-state index contributed by atoms with van der Waals surface area (Å²) < 4.78 is 0. The van der Waals surface area contributed by atoms with Crippen molar-refractivity contribution in [1.29, 1.82) is 0 Å². The largest absolute Gasteiger partial charge is 0.383 e. The lowest BCUT2D eigenvalue weighted by atomic mass is 10.1. The van der Waals surface area contributed by atoms with Crippen LogP contribution in [-0.4, -0.2) is 32.7 Å². The Morgan fingerprint density at radius 3 is 2.81 bits per heavy atom. The summed E-state index contributed by atoms with van der Waals surface area (Å²) in [5, 5.41) is 3.23. The van der Waals surface area contributed by atoms with E-state index in [9.17, 15) is 9.59 Å². The second-order valence-electron chi connectivity index (χ2n) is 7.05. The predicted molar refractivity (Wildman–Crippen MR) is 101 cm³/mol. The number of rotatable bonds is 4. The molecule has 4 rings (SSSR count). The normalized spacial score (nSPS) is 17.3. The Labute approximate surface area is 155 Å². The fourth-order valence-corrected chi connectivity index (χ4v) is 4.48.